The number of carboxylic acid groups (broad SMARTS) is 1. The number of rotatable bonds is 13. The van der Waals surface area contributed by atoms with Crippen LogP contribution in [0.25, 0.3) is 0 Å². The number of hydrogen-bond donors (Lipinski definition) is 1. The first-order valence-corrected chi connectivity index (χ1v) is 13.7. The first-order valence-electron chi connectivity index (χ1n) is 12.6. The molecule has 39 heavy (non-hydrogen) atoms. The van der Waals surface area contributed by atoms with Crippen molar-refractivity contribution in [3.8, 4) is 5.75 Å². The summed E-state index contributed by atoms with van der Waals surface area (Å²) in [7, 11) is 1.45. The number of amides is 1. The summed E-state index contributed by atoms with van der Waals surface area (Å²) < 4.78 is 17.2. The number of ketones is 1. The van der Waals surface area contributed by atoms with Crippen molar-refractivity contribution < 1.29 is 38.5 Å². The molecule has 2 aromatic rings. The van der Waals surface area contributed by atoms with Crippen LogP contribution in [0.2, 0.25) is 0 Å². The number of carbonyl (C=O) groups excluding carboxylic acids is 3. The molecule has 0 radical (unpaired) electrons. The standard InChI is InChI=1S/C29H36INO8/c1-19(27(34)35)16-23(32)26(31(5)28(36)38-18-20-10-7-6-8-11-20)21-13-14-24(22(30)17-21)37-15-9-12-25(33)39-29(2,3)4/h6-8,10-11,13-14,17,19,26H,9,12,15-16,18H2,1-5H3,(H,34,35)/t19-,26+/m1/s1. The van der Waals surface area contributed by atoms with E-state index in [1.807, 2.05) is 51.1 Å². The Balaban J connectivity index is 2.14. The van der Waals surface area contributed by atoms with Crippen LogP contribution < -0.4 is 4.74 Å². The Kier molecular flexibility index (Phi) is 12.2. The summed E-state index contributed by atoms with van der Waals surface area (Å²) in [6.45, 7) is 7.20. The van der Waals surface area contributed by atoms with Gasteiger partial charge in [0.25, 0.3) is 0 Å². The van der Waals surface area contributed by atoms with Crippen molar-refractivity contribution >= 4 is 46.4 Å². The lowest BCUT2D eigenvalue weighted by molar-refractivity contribution is -0.155. The van der Waals surface area contributed by atoms with Crippen molar-refractivity contribution in [2.75, 3.05) is 13.7 Å². The molecule has 0 bridgehead atoms. The minimum Gasteiger partial charge on any atom is -0.492 e. The third-order valence-electron chi connectivity index (χ3n) is 5.59. The highest BCUT2D eigenvalue weighted by Gasteiger charge is 2.32. The highest BCUT2D eigenvalue weighted by molar-refractivity contribution is 14.1. The molecule has 0 aliphatic carbocycles. The minimum absolute atomic E-state index is 0.0318. The number of benzene rings is 2. The summed E-state index contributed by atoms with van der Waals surface area (Å²) in [5.74, 6) is -2.18. The van der Waals surface area contributed by atoms with Gasteiger partial charge in [0, 0.05) is 19.9 Å². The van der Waals surface area contributed by atoms with E-state index in [-0.39, 0.29) is 25.4 Å². The molecule has 2 rings (SSSR count). The van der Waals surface area contributed by atoms with E-state index < -0.39 is 35.4 Å². The summed E-state index contributed by atoms with van der Waals surface area (Å²) in [6.07, 6.45) is -0.273. The predicted octanol–water partition coefficient (Wildman–Crippen LogP) is 5.78. The summed E-state index contributed by atoms with van der Waals surface area (Å²) in [5, 5.41) is 9.31. The van der Waals surface area contributed by atoms with Crippen LogP contribution in [0.4, 0.5) is 4.79 Å². The first-order chi connectivity index (χ1) is 18.3. The number of esters is 1. The third-order valence-corrected chi connectivity index (χ3v) is 6.43. The average Bonchev–Trinajstić information content (AvgIpc) is 2.85. The van der Waals surface area contributed by atoms with Crippen molar-refractivity contribution in [3.63, 3.8) is 0 Å². The fourth-order valence-electron chi connectivity index (χ4n) is 3.65. The fraction of sp³-hybridized carbons (Fsp3) is 0.448. The van der Waals surface area contributed by atoms with Gasteiger partial charge in [0.2, 0.25) is 0 Å². The van der Waals surface area contributed by atoms with Gasteiger partial charge < -0.3 is 19.3 Å². The van der Waals surface area contributed by atoms with Crippen molar-refractivity contribution in [3.05, 3.63) is 63.2 Å². The normalized spacial score (nSPS) is 12.7. The van der Waals surface area contributed by atoms with Gasteiger partial charge in [-0.2, -0.15) is 0 Å². The van der Waals surface area contributed by atoms with Crippen LogP contribution >= 0.6 is 22.6 Å². The maximum Gasteiger partial charge on any atom is 0.410 e. The molecule has 0 aromatic heterocycles. The van der Waals surface area contributed by atoms with Crippen LogP contribution in [0, 0.1) is 9.49 Å². The van der Waals surface area contributed by atoms with E-state index in [4.69, 9.17) is 14.2 Å². The van der Waals surface area contributed by atoms with E-state index in [9.17, 15) is 24.3 Å². The van der Waals surface area contributed by atoms with Gasteiger partial charge in [-0.15, -0.1) is 0 Å². The topological polar surface area (TPSA) is 119 Å². The molecule has 0 aliphatic heterocycles. The summed E-state index contributed by atoms with van der Waals surface area (Å²) in [5.41, 5.74) is 0.757. The van der Waals surface area contributed by atoms with Gasteiger partial charge >= 0.3 is 18.0 Å². The Hall–Kier alpha value is -3.15. The van der Waals surface area contributed by atoms with Crippen LogP contribution in [0.3, 0.4) is 0 Å². The van der Waals surface area contributed by atoms with E-state index in [0.717, 1.165) is 5.56 Å². The number of nitrogens with zero attached hydrogens (tertiary/aromatic N) is 1. The second-order valence-electron chi connectivity index (χ2n) is 10.2. The lowest BCUT2D eigenvalue weighted by atomic mass is 9.94. The SMILES string of the molecule is C[C@H](CC(=O)[C@H](c1ccc(OCCCC(=O)OC(C)(C)C)c(I)c1)N(C)C(=O)OCc1ccccc1)C(=O)O. The van der Waals surface area contributed by atoms with E-state index in [1.54, 1.807) is 18.2 Å². The Morgan fingerprint density at radius 1 is 1.05 bits per heavy atom. The largest absolute Gasteiger partial charge is 0.492 e. The Morgan fingerprint density at radius 3 is 2.31 bits per heavy atom. The highest BCUT2D eigenvalue weighted by Crippen LogP contribution is 2.30. The van der Waals surface area contributed by atoms with Crippen molar-refractivity contribution in [1.82, 2.24) is 4.90 Å². The molecule has 10 heteroatoms. The lowest BCUT2D eigenvalue weighted by Gasteiger charge is -2.28. The smallest absolute Gasteiger partial charge is 0.410 e. The van der Waals surface area contributed by atoms with Gasteiger partial charge in [-0.25, -0.2) is 4.79 Å². The van der Waals surface area contributed by atoms with Crippen LogP contribution in [-0.4, -0.2) is 53.1 Å². The number of carboxylic acids is 1. The zero-order valence-corrected chi connectivity index (χ0v) is 25.1. The molecule has 0 unspecified atom stereocenters. The van der Waals surface area contributed by atoms with Gasteiger partial charge in [-0.1, -0.05) is 43.3 Å². The molecule has 9 nitrogen and oxygen atoms in total. The summed E-state index contributed by atoms with van der Waals surface area (Å²) >= 11 is 2.07. The van der Waals surface area contributed by atoms with Crippen molar-refractivity contribution in [2.45, 2.75) is 65.2 Å². The monoisotopic (exact) mass is 653 g/mol. The molecule has 1 N–H and O–H groups in total. The number of Topliss-reactive ketones (excluding diaryl/α,β-unsaturated/α-hetero) is 1. The van der Waals surface area contributed by atoms with Crippen molar-refractivity contribution in [1.29, 1.82) is 0 Å². The van der Waals surface area contributed by atoms with E-state index in [2.05, 4.69) is 22.6 Å². The van der Waals surface area contributed by atoms with Gasteiger partial charge in [-0.3, -0.25) is 19.3 Å². The Bertz CT molecular complexity index is 1150. The van der Waals surface area contributed by atoms with Crippen LogP contribution in [-0.2, 0) is 30.5 Å². The van der Waals surface area contributed by atoms with Crippen LogP contribution in [0.15, 0.2) is 48.5 Å². The van der Waals surface area contributed by atoms with Gasteiger partial charge in [-0.05, 0) is 73.0 Å². The maximum absolute atomic E-state index is 13.3. The van der Waals surface area contributed by atoms with Crippen LogP contribution in [0.5, 0.6) is 5.75 Å². The number of halogens is 1. The molecule has 212 valence electrons. The number of likely N-dealkylation sites (N-methyl/N-ethyl adjacent to an activating group) is 1. The Morgan fingerprint density at radius 2 is 1.72 bits per heavy atom. The molecule has 0 heterocycles. The van der Waals surface area contributed by atoms with Gasteiger partial charge in [0.15, 0.2) is 5.78 Å². The molecule has 0 saturated heterocycles. The fourth-order valence-corrected chi connectivity index (χ4v) is 4.34. The number of ether oxygens (including phenoxy) is 3. The molecule has 2 atom stereocenters. The summed E-state index contributed by atoms with van der Waals surface area (Å²) in [6, 6.07) is 13.2. The Labute approximate surface area is 242 Å². The van der Waals surface area contributed by atoms with Crippen molar-refractivity contribution in [2.24, 2.45) is 5.92 Å². The summed E-state index contributed by atoms with van der Waals surface area (Å²) in [4.78, 5) is 50.6. The van der Waals surface area contributed by atoms with E-state index >= 15 is 0 Å². The molecular formula is C29H36INO8. The molecule has 1 amide bonds. The first kappa shape index (κ1) is 32.1. The molecule has 0 saturated carbocycles. The lowest BCUT2D eigenvalue weighted by Crippen LogP contribution is -2.37. The molecule has 2 aromatic carbocycles. The second kappa shape index (κ2) is 14.9. The predicted molar refractivity (Wildman–Crippen MR) is 153 cm³/mol. The molecular weight excluding hydrogens is 617 g/mol. The molecule has 0 fully saturated rings. The average molecular weight is 654 g/mol. The number of hydrogen-bond acceptors (Lipinski definition) is 7. The van der Waals surface area contributed by atoms with Gasteiger partial charge in [0.05, 0.1) is 16.1 Å². The molecule has 0 spiro atoms. The second-order valence-corrected chi connectivity index (χ2v) is 11.4. The number of aliphatic carboxylic acids is 1. The van der Waals surface area contributed by atoms with Crippen LogP contribution in [0.1, 0.15) is 64.1 Å². The zero-order chi connectivity index (χ0) is 29.2. The number of carbonyl (C=O) groups is 4. The third kappa shape index (κ3) is 10.9. The van der Waals surface area contributed by atoms with E-state index in [1.165, 1.54) is 18.9 Å². The molecule has 0 aliphatic rings. The zero-order valence-electron chi connectivity index (χ0n) is 22.9. The minimum atomic E-state index is -1.10. The quantitative estimate of drug-likeness (QED) is 0.164. The van der Waals surface area contributed by atoms with Gasteiger partial charge in [0.1, 0.15) is 24.0 Å². The maximum atomic E-state index is 13.3. The highest BCUT2D eigenvalue weighted by atomic mass is 127. The van der Waals surface area contributed by atoms with E-state index in [0.29, 0.717) is 27.9 Å².